The van der Waals surface area contributed by atoms with E-state index in [0.717, 1.165) is 6.04 Å². The molecule has 1 aliphatic rings. The first-order chi connectivity index (χ1) is 3.79. The molecular formula is C6H15ClN2. The van der Waals surface area contributed by atoms with Crippen molar-refractivity contribution in [2.75, 3.05) is 14.1 Å². The lowest BCUT2D eigenvalue weighted by Gasteiger charge is -2.29. The average Bonchev–Trinajstić information content (AvgIpc) is 1.55. The number of halogens is 1. The standard InChI is InChI=1S/C6H14N2.ClH/c1-8(2)7-6-4-3-5-6;/h6-7H,3-5H2,1-2H3;1H. The number of hydrogen-bond acceptors (Lipinski definition) is 2. The van der Waals surface area contributed by atoms with Crippen molar-refractivity contribution < 1.29 is 0 Å². The van der Waals surface area contributed by atoms with E-state index in [1.807, 2.05) is 19.1 Å². The summed E-state index contributed by atoms with van der Waals surface area (Å²) in [6, 6.07) is 0.782. The van der Waals surface area contributed by atoms with Crippen LogP contribution in [0.1, 0.15) is 19.3 Å². The maximum absolute atomic E-state index is 3.31. The molecule has 0 heterocycles. The lowest BCUT2D eigenvalue weighted by molar-refractivity contribution is 0.184. The summed E-state index contributed by atoms with van der Waals surface area (Å²) in [7, 11) is 4.08. The second-order valence-corrected chi connectivity index (χ2v) is 2.65. The van der Waals surface area contributed by atoms with Gasteiger partial charge in [-0.05, 0) is 12.8 Å². The third-order valence-corrected chi connectivity index (χ3v) is 1.55. The highest BCUT2D eigenvalue weighted by Gasteiger charge is 2.16. The molecule has 0 atom stereocenters. The molecule has 56 valence electrons. The summed E-state index contributed by atoms with van der Waals surface area (Å²) in [6.45, 7) is 0. The molecule has 0 aromatic carbocycles. The Morgan fingerprint density at radius 2 is 1.89 bits per heavy atom. The van der Waals surface area contributed by atoms with Crippen LogP contribution in [0, 0.1) is 0 Å². The van der Waals surface area contributed by atoms with Crippen molar-refractivity contribution >= 4 is 12.4 Å². The predicted molar refractivity (Wildman–Crippen MR) is 41.7 cm³/mol. The first-order valence-corrected chi connectivity index (χ1v) is 3.22. The second kappa shape index (κ2) is 4.09. The van der Waals surface area contributed by atoms with E-state index in [1.165, 1.54) is 19.3 Å². The zero-order valence-corrected chi connectivity index (χ0v) is 6.87. The molecule has 1 aliphatic carbocycles. The van der Waals surface area contributed by atoms with Crippen molar-refractivity contribution in [3.05, 3.63) is 0 Å². The Hall–Kier alpha value is 0.210. The number of nitrogens with one attached hydrogen (secondary N) is 1. The van der Waals surface area contributed by atoms with Crippen LogP contribution in [-0.4, -0.2) is 25.1 Å². The minimum atomic E-state index is 0. The van der Waals surface area contributed by atoms with Crippen molar-refractivity contribution in [1.82, 2.24) is 10.4 Å². The Kier molecular flexibility index (Phi) is 4.19. The molecule has 0 saturated heterocycles. The zero-order chi connectivity index (χ0) is 5.98. The molecule has 1 fully saturated rings. The van der Waals surface area contributed by atoms with Gasteiger partial charge in [-0.15, -0.1) is 12.4 Å². The van der Waals surface area contributed by atoms with Crippen molar-refractivity contribution in [2.45, 2.75) is 25.3 Å². The van der Waals surface area contributed by atoms with E-state index >= 15 is 0 Å². The first-order valence-electron chi connectivity index (χ1n) is 3.22. The van der Waals surface area contributed by atoms with Gasteiger partial charge in [0, 0.05) is 20.1 Å². The minimum Gasteiger partial charge on any atom is -0.253 e. The van der Waals surface area contributed by atoms with Crippen LogP contribution in [0.25, 0.3) is 0 Å². The molecule has 0 aromatic heterocycles. The van der Waals surface area contributed by atoms with E-state index in [4.69, 9.17) is 0 Å². The fraction of sp³-hybridized carbons (Fsp3) is 1.00. The summed E-state index contributed by atoms with van der Waals surface area (Å²) >= 11 is 0. The molecule has 0 amide bonds. The lowest BCUT2D eigenvalue weighted by Crippen LogP contribution is -2.43. The third kappa shape index (κ3) is 3.04. The maximum Gasteiger partial charge on any atom is 0.0215 e. The van der Waals surface area contributed by atoms with Gasteiger partial charge in [-0.3, -0.25) is 10.4 Å². The monoisotopic (exact) mass is 150 g/mol. The quantitative estimate of drug-likeness (QED) is 0.592. The van der Waals surface area contributed by atoms with Crippen LogP contribution >= 0.6 is 12.4 Å². The van der Waals surface area contributed by atoms with E-state index in [0.29, 0.717) is 0 Å². The molecule has 0 unspecified atom stereocenters. The van der Waals surface area contributed by atoms with Crippen molar-refractivity contribution in [2.24, 2.45) is 0 Å². The Morgan fingerprint density at radius 1 is 1.33 bits per heavy atom. The predicted octanol–water partition coefficient (Wildman–Crippen LogP) is 1.03. The third-order valence-electron chi connectivity index (χ3n) is 1.55. The Labute approximate surface area is 63.0 Å². The number of hydrazine groups is 1. The number of nitrogens with zero attached hydrogens (tertiary/aromatic N) is 1. The van der Waals surface area contributed by atoms with Crippen LogP contribution in [0.15, 0.2) is 0 Å². The number of rotatable bonds is 2. The van der Waals surface area contributed by atoms with E-state index < -0.39 is 0 Å². The molecule has 0 bridgehead atoms. The SMILES string of the molecule is CN(C)NC1CCC1.Cl. The van der Waals surface area contributed by atoms with Gasteiger partial charge >= 0.3 is 0 Å². The Morgan fingerprint density at radius 3 is 2.00 bits per heavy atom. The fourth-order valence-electron chi connectivity index (χ4n) is 0.902. The Balaban J connectivity index is 0.000000640. The molecule has 0 aliphatic heterocycles. The first kappa shape index (κ1) is 9.21. The molecule has 1 saturated carbocycles. The van der Waals surface area contributed by atoms with Crippen molar-refractivity contribution in [3.8, 4) is 0 Å². The van der Waals surface area contributed by atoms with Gasteiger partial charge in [-0.25, -0.2) is 0 Å². The fourth-order valence-corrected chi connectivity index (χ4v) is 0.902. The average molecular weight is 151 g/mol. The second-order valence-electron chi connectivity index (χ2n) is 2.65. The smallest absolute Gasteiger partial charge is 0.0215 e. The highest BCUT2D eigenvalue weighted by Crippen LogP contribution is 2.17. The van der Waals surface area contributed by atoms with Gasteiger partial charge in [-0.2, -0.15) is 0 Å². The normalized spacial score (nSPS) is 19.0. The molecule has 3 heteroatoms. The summed E-state index contributed by atoms with van der Waals surface area (Å²) in [4.78, 5) is 0. The van der Waals surface area contributed by atoms with Crippen LogP contribution in [0.3, 0.4) is 0 Å². The van der Waals surface area contributed by atoms with Gasteiger partial charge in [0.1, 0.15) is 0 Å². The van der Waals surface area contributed by atoms with Crippen LogP contribution < -0.4 is 5.43 Å². The van der Waals surface area contributed by atoms with Crippen LogP contribution in [0.4, 0.5) is 0 Å². The summed E-state index contributed by atoms with van der Waals surface area (Å²) < 4.78 is 0. The van der Waals surface area contributed by atoms with Crippen LogP contribution in [-0.2, 0) is 0 Å². The zero-order valence-electron chi connectivity index (χ0n) is 6.05. The molecule has 1 rings (SSSR count). The largest absolute Gasteiger partial charge is 0.253 e. The highest BCUT2D eigenvalue weighted by molar-refractivity contribution is 5.85. The van der Waals surface area contributed by atoms with E-state index in [9.17, 15) is 0 Å². The van der Waals surface area contributed by atoms with E-state index in [2.05, 4.69) is 5.43 Å². The van der Waals surface area contributed by atoms with Crippen molar-refractivity contribution in [3.63, 3.8) is 0 Å². The Bertz CT molecular complexity index is 71.5. The summed E-state index contributed by atoms with van der Waals surface area (Å²) in [6.07, 6.45) is 4.13. The molecular weight excluding hydrogens is 136 g/mol. The molecule has 1 N–H and O–H groups in total. The number of hydrogen-bond donors (Lipinski definition) is 1. The van der Waals surface area contributed by atoms with Gasteiger partial charge in [-0.1, -0.05) is 6.42 Å². The van der Waals surface area contributed by atoms with Gasteiger partial charge in [0.25, 0.3) is 0 Å². The van der Waals surface area contributed by atoms with Gasteiger partial charge in [0.2, 0.25) is 0 Å². The highest BCUT2D eigenvalue weighted by atomic mass is 35.5. The molecule has 9 heavy (non-hydrogen) atoms. The molecule has 0 radical (unpaired) electrons. The van der Waals surface area contributed by atoms with Gasteiger partial charge in [0.15, 0.2) is 0 Å². The van der Waals surface area contributed by atoms with E-state index in [-0.39, 0.29) is 12.4 Å². The maximum atomic E-state index is 3.31. The summed E-state index contributed by atoms with van der Waals surface area (Å²) in [5.74, 6) is 0. The van der Waals surface area contributed by atoms with Gasteiger partial charge < -0.3 is 0 Å². The van der Waals surface area contributed by atoms with E-state index in [1.54, 1.807) is 0 Å². The summed E-state index contributed by atoms with van der Waals surface area (Å²) in [5.41, 5.74) is 3.31. The summed E-state index contributed by atoms with van der Waals surface area (Å²) in [5, 5.41) is 2.03. The molecule has 0 aromatic rings. The van der Waals surface area contributed by atoms with Gasteiger partial charge in [0.05, 0.1) is 0 Å². The van der Waals surface area contributed by atoms with Crippen LogP contribution in [0.2, 0.25) is 0 Å². The lowest BCUT2D eigenvalue weighted by atomic mass is 9.94. The topological polar surface area (TPSA) is 15.3 Å². The minimum absolute atomic E-state index is 0. The molecule has 0 spiro atoms. The molecule has 2 nitrogen and oxygen atoms in total. The van der Waals surface area contributed by atoms with Crippen molar-refractivity contribution in [1.29, 1.82) is 0 Å². The van der Waals surface area contributed by atoms with Crippen LogP contribution in [0.5, 0.6) is 0 Å².